The van der Waals surface area contributed by atoms with Crippen LogP contribution >= 0.6 is 0 Å². The highest BCUT2D eigenvalue weighted by atomic mass is 16.6. The standard InChI is InChI=1S/C10H12O4/c1-13-8-4-6(2-3-7(8)12)10-9(5-11)14-10/h2-4,9-12H,5H2,1H3/t9-,10+/m1/s1. The summed E-state index contributed by atoms with van der Waals surface area (Å²) in [7, 11) is 1.50. The van der Waals surface area contributed by atoms with Crippen LogP contribution in [0.2, 0.25) is 0 Å². The summed E-state index contributed by atoms with van der Waals surface area (Å²) in [6.07, 6.45) is -0.168. The number of hydrogen-bond acceptors (Lipinski definition) is 4. The van der Waals surface area contributed by atoms with Crippen molar-refractivity contribution in [2.24, 2.45) is 0 Å². The van der Waals surface area contributed by atoms with Gasteiger partial charge in [-0.1, -0.05) is 6.07 Å². The molecule has 2 atom stereocenters. The van der Waals surface area contributed by atoms with Gasteiger partial charge >= 0.3 is 0 Å². The molecular formula is C10H12O4. The van der Waals surface area contributed by atoms with Crippen LogP contribution in [0.1, 0.15) is 11.7 Å². The summed E-state index contributed by atoms with van der Waals surface area (Å²) in [5.41, 5.74) is 0.915. The molecule has 0 amide bonds. The summed E-state index contributed by atoms with van der Waals surface area (Å²) in [5, 5.41) is 18.2. The van der Waals surface area contributed by atoms with Crippen LogP contribution in [-0.2, 0) is 4.74 Å². The van der Waals surface area contributed by atoms with Crippen molar-refractivity contribution in [2.45, 2.75) is 12.2 Å². The number of rotatable bonds is 3. The van der Waals surface area contributed by atoms with Gasteiger partial charge in [0.25, 0.3) is 0 Å². The number of ether oxygens (including phenoxy) is 2. The molecule has 1 aliphatic rings. The maximum absolute atomic E-state index is 9.35. The second kappa shape index (κ2) is 3.48. The van der Waals surface area contributed by atoms with E-state index in [1.807, 2.05) is 0 Å². The smallest absolute Gasteiger partial charge is 0.160 e. The first kappa shape index (κ1) is 9.30. The average molecular weight is 196 g/mol. The molecule has 0 saturated carbocycles. The minimum atomic E-state index is -0.107. The zero-order valence-electron chi connectivity index (χ0n) is 7.80. The lowest BCUT2D eigenvalue weighted by atomic mass is 10.1. The second-order valence-electron chi connectivity index (χ2n) is 3.21. The number of benzene rings is 1. The van der Waals surface area contributed by atoms with Crippen LogP contribution in [0.5, 0.6) is 11.5 Å². The van der Waals surface area contributed by atoms with Gasteiger partial charge < -0.3 is 19.7 Å². The first-order valence-corrected chi connectivity index (χ1v) is 4.39. The minimum absolute atomic E-state index is 0.0217. The zero-order valence-corrected chi connectivity index (χ0v) is 7.80. The van der Waals surface area contributed by atoms with Gasteiger partial charge in [0, 0.05) is 0 Å². The van der Waals surface area contributed by atoms with Crippen LogP contribution in [0, 0.1) is 0 Å². The number of phenolic OH excluding ortho intramolecular Hbond substituents is 1. The summed E-state index contributed by atoms with van der Waals surface area (Å²) < 4.78 is 10.2. The van der Waals surface area contributed by atoms with E-state index in [0.29, 0.717) is 5.75 Å². The van der Waals surface area contributed by atoms with Crippen molar-refractivity contribution in [3.05, 3.63) is 23.8 Å². The second-order valence-corrected chi connectivity index (χ2v) is 3.21. The Morgan fingerprint density at radius 1 is 1.50 bits per heavy atom. The molecular weight excluding hydrogens is 184 g/mol. The van der Waals surface area contributed by atoms with Gasteiger partial charge in [-0.3, -0.25) is 0 Å². The largest absolute Gasteiger partial charge is 0.504 e. The molecule has 0 bridgehead atoms. The summed E-state index contributed by atoms with van der Waals surface area (Å²) in [6, 6.07) is 5.04. The lowest BCUT2D eigenvalue weighted by Crippen LogP contribution is -1.94. The van der Waals surface area contributed by atoms with Crippen LogP contribution in [0.25, 0.3) is 0 Å². The third-order valence-electron chi connectivity index (χ3n) is 2.29. The molecule has 1 aliphatic heterocycles. The molecule has 1 heterocycles. The maximum Gasteiger partial charge on any atom is 0.160 e. The summed E-state index contributed by atoms with van der Waals surface area (Å²) >= 11 is 0. The van der Waals surface area contributed by atoms with Gasteiger partial charge in [-0.25, -0.2) is 0 Å². The van der Waals surface area contributed by atoms with Gasteiger partial charge in [0.15, 0.2) is 11.5 Å². The van der Waals surface area contributed by atoms with E-state index >= 15 is 0 Å². The Hall–Kier alpha value is -1.26. The lowest BCUT2D eigenvalue weighted by molar-refractivity contribution is 0.242. The van der Waals surface area contributed by atoms with Crippen LogP contribution < -0.4 is 4.74 Å². The van der Waals surface area contributed by atoms with E-state index in [-0.39, 0.29) is 24.6 Å². The first-order valence-electron chi connectivity index (χ1n) is 4.39. The molecule has 0 radical (unpaired) electrons. The maximum atomic E-state index is 9.35. The molecule has 1 fully saturated rings. The number of hydrogen-bond donors (Lipinski definition) is 2. The summed E-state index contributed by atoms with van der Waals surface area (Å²) in [4.78, 5) is 0. The molecule has 4 nitrogen and oxygen atoms in total. The van der Waals surface area contributed by atoms with E-state index in [4.69, 9.17) is 14.6 Å². The molecule has 1 saturated heterocycles. The van der Waals surface area contributed by atoms with E-state index in [1.165, 1.54) is 7.11 Å². The summed E-state index contributed by atoms with van der Waals surface area (Å²) in [6.45, 7) is 0.0217. The SMILES string of the molecule is COc1cc([C@@H]2O[C@@H]2CO)ccc1O. The van der Waals surface area contributed by atoms with Gasteiger partial charge in [0.2, 0.25) is 0 Å². The van der Waals surface area contributed by atoms with E-state index in [9.17, 15) is 5.11 Å². The molecule has 76 valence electrons. The highest BCUT2D eigenvalue weighted by Crippen LogP contribution is 2.41. The molecule has 1 aromatic rings. The molecule has 14 heavy (non-hydrogen) atoms. The van der Waals surface area contributed by atoms with Crippen LogP contribution in [0.15, 0.2) is 18.2 Å². The highest BCUT2D eigenvalue weighted by molar-refractivity contribution is 5.43. The van der Waals surface area contributed by atoms with Crippen LogP contribution in [0.3, 0.4) is 0 Å². The van der Waals surface area contributed by atoms with Crippen molar-refractivity contribution in [1.29, 1.82) is 0 Å². The average Bonchev–Trinajstić information content (AvgIpc) is 2.98. The number of aliphatic hydroxyl groups is 1. The lowest BCUT2D eigenvalue weighted by Gasteiger charge is -2.04. The van der Waals surface area contributed by atoms with Crippen molar-refractivity contribution >= 4 is 0 Å². The van der Waals surface area contributed by atoms with Gasteiger partial charge in [-0.05, 0) is 17.7 Å². The Morgan fingerprint density at radius 3 is 2.86 bits per heavy atom. The van der Waals surface area contributed by atoms with Crippen molar-refractivity contribution < 1.29 is 19.7 Å². The fourth-order valence-electron chi connectivity index (χ4n) is 1.45. The predicted octanol–water partition coefficient (Wildman–Crippen LogP) is 0.833. The van der Waals surface area contributed by atoms with Gasteiger partial charge in [0.05, 0.1) is 13.7 Å². The fraction of sp³-hybridized carbons (Fsp3) is 0.400. The Morgan fingerprint density at radius 2 is 2.29 bits per heavy atom. The van der Waals surface area contributed by atoms with Crippen molar-refractivity contribution in [2.75, 3.05) is 13.7 Å². The Kier molecular flexibility index (Phi) is 2.31. The predicted molar refractivity (Wildman–Crippen MR) is 49.4 cm³/mol. The van der Waals surface area contributed by atoms with E-state index < -0.39 is 0 Å². The number of aromatic hydroxyl groups is 1. The minimum Gasteiger partial charge on any atom is -0.504 e. The third kappa shape index (κ3) is 1.54. The number of epoxide rings is 1. The topological polar surface area (TPSA) is 62.2 Å². The van der Waals surface area contributed by atoms with Crippen molar-refractivity contribution in [3.8, 4) is 11.5 Å². The fourth-order valence-corrected chi connectivity index (χ4v) is 1.45. The van der Waals surface area contributed by atoms with E-state index in [1.54, 1.807) is 18.2 Å². The normalized spacial score (nSPS) is 24.7. The molecule has 2 N–H and O–H groups in total. The van der Waals surface area contributed by atoms with E-state index in [2.05, 4.69) is 0 Å². The Labute approximate surface area is 81.7 Å². The van der Waals surface area contributed by atoms with Gasteiger partial charge in [-0.15, -0.1) is 0 Å². The van der Waals surface area contributed by atoms with Crippen molar-refractivity contribution in [3.63, 3.8) is 0 Å². The summed E-state index contributed by atoms with van der Waals surface area (Å²) in [5.74, 6) is 0.534. The number of methoxy groups -OCH3 is 1. The highest BCUT2D eigenvalue weighted by Gasteiger charge is 2.39. The molecule has 0 aromatic heterocycles. The van der Waals surface area contributed by atoms with Crippen LogP contribution in [0.4, 0.5) is 0 Å². The number of phenols is 1. The molecule has 0 aliphatic carbocycles. The van der Waals surface area contributed by atoms with Crippen LogP contribution in [-0.4, -0.2) is 30.0 Å². The van der Waals surface area contributed by atoms with Gasteiger partial charge in [0.1, 0.15) is 12.2 Å². The van der Waals surface area contributed by atoms with Crippen molar-refractivity contribution in [1.82, 2.24) is 0 Å². The third-order valence-corrected chi connectivity index (χ3v) is 2.29. The molecule has 0 unspecified atom stereocenters. The zero-order chi connectivity index (χ0) is 10.1. The monoisotopic (exact) mass is 196 g/mol. The molecule has 0 spiro atoms. The molecule has 2 rings (SSSR count). The quantitative estimate of drug-likeness (QED) is 0.703. The molecule has 4 heteroatoms. The Bertz CT molecular complexity index is 337. The molecule has 1 aromatic carbocycles. The first-order chi connectivity index (χ1) is 6.76. The number of aliphatic hydroxyl groups excluding tert-OH is 1. The van der Waals surface area contributed by atoms with E-state index in [0.717, 1.165) is 5.56 Å². The Balaban J connectivity index is 2.20. The van der Waals surface area contributed by atoms with Gasteiger partial charge in [-0.2, -0.15) is 0 Å².